The molecule has 1 unspecified atom stereocenters. The molecule has 2 aliphatic carbocycles. The zero-order valence-electron chi connectivity index (χ0n) is 13.6. The Morgan fingerprint density at radius 2 is 1.73 bits per heavy atom. The number of hydrogen-bond donors (Lipinski definition) is 0. The van der Waals surface area contributed by atoms with Crippen molar-refractivity contribution in [2.24, 2.45) is 11.8 Å². The number of amides is 3. The Morgan fingerprint density at radius 1 is 1.09 bits per heavy atom. The molecular weight excluding hydrogens is 280 g/mol. The predicted molar refractivity (Wildman–Crippen MR) is 82.2 cm³/mol. The maximum absolute atomic E-state index is 12.8. The average Bonchev–Trinajstić information content (AvgIpc) is 2.62. The van der Waals surface area contributed by atoms with Gasteiger partial charge in [-0.05, 0) is 38.5 Å². The van der Waals surface area contributed by atoms with E-state index < -0.39 is 5.54 Å². The summed E-state index contributed by atoms with van der Waals surface area (Å²) in [5, 5.41) is 0. The first-order chi connectivity index (χ1) is 10.5. The van der Waals surface area contributed by atoms with Crippen molar-refractivity contribution in [2.45, 2.75) is 63.8 Å². The van der Waals surface area contributed by atoms with Gasteiger partial charge in [0.25, 0.3) is 5.91 Å². The van der Waals surface area contributed by atoms with Crippen molar-refractivity contribution in [3.05, 3.63) is 0 Å². The molecule has 0 aromatic carbocycles. The molecule has 1 atom stereocenters. The summed E-state index contributed by atoms with van der Waals surface area (Å²) in [5.41, 5.74) is -0.748. The Balaban J connectivity index is 1.72. The molecule has 0 bridgehead atoms. The Bertz CT molecular complexity index is 494. The van der Waals surface area contributed by atoms with E-state index in [0.29, 0.717) is 0 Å². The topological polar surface area (TPSA) is 57.7 Å². The zero-order valence-corrected chi connectivity index (χ0v) is 13.6. The summed E-state index contributed by atoms with van der Waals surface area (Å²) < 4.78 is 0. The van der Waals surface area contributed by atoms with E-state index in [1.807, 2.05) is 6.92 Å². The Kier molecular flexibility index (Phi) is 4.00. The van der Waals surface area contributed by atoms with Crippen LogP contribution in [0.2, 0.25) is 0 Å². The number of Topliss-reactive ketones (excluding diaryl/α,β-unsaturated/α-hetero) is 1. The van der Waals surface area contributed by atoms with Gasteiger partial charge in [-0.3, -0.25) is 14.5 Å². The Hall–Kier alpha value is -1.39. The highest BCUT2D eigenvalue weighted by atomic mass is 16.2. The van der Waals surface area contributed by atoms with Crippen LogP contribution in [-0.2, 0) is 9.59 Å². The molecule has 1 saturated heterocycles. The minimum atomic E-state index is -0.748. The molecule has 3 fully saturated rings. The van der Waals surface area contributed by atoms with Crippen molar-refractivity contribution < 1.29 is 14.4 Å². The predicted octanol–water partition coefficient (Wildman–Crippen LogP) is 2.59. The number of imide groups is 1. The van der Waals surface area contributed by atoms with E-state index in [1.165, 1.54) is 11.3 Å². The first-order valence-corrected chi connectivity index (χ1v) is 8.58. The van der Waals surface area contributed by atoms with Crippen LogP contribution in [0.4, 0.5) is 4.79 Å². The number of carbonyl (C=O) groups excluding carboxylic acids is 3. The second kappa shape index (κ2) is 5.67. The largest absolute Gasteiger partial charge is 0.327 e. The monoisotopic (exact) mass is 306 g/mol. The molecule has 1 aliphatic heterocycles. The summed E-state index contributed by atoms with van der Waals surface area (Å²) in [5.74, 6) is 0.167. The summed E-state index contributed by atoms with van der Waals surface area (Å²) in [7, 11) is 1.70. The smallest absolute Gasteiger partial charge is 0.313 e. The molecular formula is C17H26N2O3. The van der Waals surface area contributed by atoms with Crippen LogP contribution in [-0.4, -0.2) is 46.7 Å². The third kappa shape index (κ3) is 2.25. The lowest BCUT2D eigenvalue weighted by molar-refractivity contribution is -0.139. The molecule has 5 heteroatoms. The molecule has 0 spiro atoms. The summed E-state index contributed by atoms with van der Waals surface area (Å²) in [6.45, 7) is 1.83. The summed E-state index contributed by atoms with van der Waals surface area (Å²) >= 11 is 0. The van der Waals surface area contributed by atoms with E-state index in [2.05, 4.69) is 0 Å². The minimum absolute atomic E-state index is 0.0328. The van der Waals surface area contributed by atoms with E-state index in [0.717, 1.165) is 44.9 Å². The van der Waals surface area contributed by atoms with E-state index in [4.69, 9.17) is 0 Å². The van der Waals surface area contributed by atoms with Crippen molar-refractivity contribution in [1.82, 2.24) is 9.80 Å². The van der Waals surface area contributed by atoms with Gasteiger partial charge in [-0.15, -0.1) is 0 Å². The second-order valence-electron chi connectivity index (χ2n) is 7.31. The van der Waals surface area contributed by atoms with Crippen molar-refractivity contribution in [2.75, 3.05) is 13.6 Å². The zero-order chi connectivity index (χ0) is 15.9. The van der Waals surface area contributed by atoms with Crippen LogP contribution in [0.5, 0.6) is 0 Å². The number of hydrogen-bond acceptors (Lipinski definition) is 3. The van der Waals surface area contributed by atoms with Gasteiger partial charge in [0.15, 0.2) is 5.78 Å². The second-order valence-corrected chi connectivity index (χ2v) is 7.31. The van der Waals surface area contributed by atoms with Gasteiger partial charge < -0.3 is 4.90 Å². The average molecular weight is 306 g/mol. The summed E-state index contributed by atoms with van der Waals surface area (Å²) in [4.78, 5) is 40.5. The van der Waals surface area contributed by atoms with Gasteiger partial charge in [-0.25, -0.2) is 4.79 Å². The maximum Gasteiger partial charge on any atom is 0.327 e. The summed E-state index contributed by atoms with van der Waals surface area (Å²) in [6.07, 6.45) is 8.27. The number of likely N-dealkylation sites (N-methyl/N-ethyl adjacent to an activating group) is 1. The lowest BCUT2D eigenvalue weighted by Crippen LogP contribution is -2.53. The van der Waals surface area contributed by atoms with Crippen LogP contribution in [0.15, 0.2) is 0 Å². The first kappa shape index (κ1) is 15.5. The van der Waals surface area contributed by atoms with Crippen molar-refractivity contribution >= 4 is 17.7 Å². The van der Waals surface area contributed by atoms with Gasteiger partial charge in [-0.1, -0.05) is 25.7 Å². The van der Waals surface area contributed by atoms with Gasteiger partial charge >= 0.3 is 6.03 Å². The van der Waals surface area contributed by atoms with Gasteiger partial charge in [0.05, 0.1) is 6.54 Å². The molecule has 1 heterocycles. The lowest BCUT2D eigenvalue weighted by atomic mass is 9.71. The minimum Gasteiger partial charge on any atom is -0.313 e. The number of urea groups is 1. The molecule has 2 saturated carbocycles. The fourth-order valence-corrected chi connectivity index (χ4v) is 4.15. The molecule has 3 rings (SSSR count). The number of nitrogens with zero attached hydrogens (tertiary/aromatic N) is 2. The normalized spacial score (nSPS) is 30.8. The van der Waals surface area contributed by atoms with Crippen LogP contribution >= 0.6 is 0 Å². The molecule has 0 aromatic rings. The van der Waals surface area contributed by atoms with Crippen LogP contribution in [0.1, 0.15) is 58.3 Å². The van der Waals surface area contributed by atoms with E-state index in [9.17, 15) is 14.4 Å². The number of rotatable bonds is 4. The fourth-order valence-electron chi connectivity index (χ4n) is 4.15. The number of carbonyl (C=O) groups is 3. The molecule has 5 nitrogen and oxygen atoms in total. The van der Waals surface area contributed by atoms with E-state index in [-0.39, 0.29) is 36.1 Å². The third-order valence-electron chi connectivity index (χ3n) is 6.17. The SMILES string of the molecule is CN1C(=O)N(CC(=O)C2CCCCC2)C(=O)C1(C)C1CCC1. The maximum atomic E-state index is 12.8. The molecule has 122 valence electrons. The Morgan fingerprint density at radius 3 is 2.27 bits per heavy atom. The first-order valence-electron chi connectivity index (χ1n) is 8.58. The molecule has 0 radical (unpaired) electrons. The standard InChI is InChI=1S/C17H26N2O3/c1-17(13-9-6-10-13)15(21)19(16(22)18(17)2)11-14(20)12-7-4-3-5-8-12/h12-13H,3-11H2,1-2H3. The fraction of sp³-hybridized carbons (Fsp3) is 0.824. The molecule has 3 amide bonds. The number of ketones is 1. The quantitative estimate of drug-likeness (QED) is 0.750. The van der Waals surface area contributed by atoms with Gasteiger partial charge in [-0.2, -0.15) is 0 Å². The van der Waals surface area contributed by atoms with Gasteiger partial charge in [0, 0.05) is 13.0 Å². The molecule has 0 N–H and O–H groups in total. The van der Waals surface area contributed by atoms with Crippen LogP contribution < -0.4 is 0 Å². The highest BCUT2D eigenvalue weighted by Crippen LogP contribution is 2.43. The van der Waals surface area contributed by atoms with Crippen molar-refractivity contribution in [3.63, 3.8) is 0 Å². The highest BCUT2D eigenvalue weighted by molar-refractivity contribution is 6.09. The van der Waals surface area contributed by atoms with Crippen LogP contribution in [0, 0.1) is 11.8 Å². The van der Waals surface area contributed by atoms with Crippen LogP contribution in [0.3, 0.4) is 0 Å². The van der Waals surface area contributed by atoms with E-state index in [1.54, 1.807) is 11.9 Å². The third-order valence-corrected chi connectivity index (χ3v) is 6.17. The highest BCUT2D eigenvalue weighted by Gasteiger charge is 2.58. The van der Waals surface area contributed by atoms with Gasteiger partial charge in [0.2, 0.25) is 0 Å². The van der Waals surface area contributed by atoms with Crippen LogP contribution in [0.25, 0.3) is 0 Å². The van der Waals surface area contributed by atoms with Crippen molar-refractivity contribution in [1.29, 1.82) is 0 Å². The Labute approximate surface area is 132 Å². The molecule has 22 heavy (non-hydrogen) atoms. The van der Waals surface area contributed by atoms with E-state index >= 15 is 0 Å². The van der Waals surface area contributed by atoms with Crippen molar-refractivity contribution in [3.8, 4) is 0 Å². The molecule has 0 aromatic heterocycles. The summed E-state index contributed by atoms with van der Waals surface area (Å²) in [6, 6.07) is -0.302. The lowest BCUT2D eigenvalue weighted by Gasteiger charge is -2.41. The molecule has 3 aliphatic rings. The van der Waals surface area contributed by atoms with Gasteiger partial charge in [0.1, 0.15) is 5.54 Å².